The van der Waals surface area contributed by atoms with E-state index in [1.54, 1.807) is 0 Å². The normalized spacial score (nSPS) is 18.9. The van der Waals surface area contributed by atoms with Gasteiger partial charge in [-0.1, -0.05) is 28.1 Å². The summed E-state index contributed by atoms with van der Waals surface area (Å²) in [6.07, 6.45) is 3.83. The average molecular weight is 311 g/mol. The molecule has 1 aromatic carbocycles. The highest BCUT2D eigenvalue weighted by molar-refractivity contribution is 9.10. The summed E-state index contributed by atoms with van der Waals surface area (Å²) in [7, 11) is 2.22. The van der Waals surface area contributed by atoms with E-state index in [1.165, 1.54) is 18.4 Å². The standard InChI is InChI=1S/C15H23BrN2/c1-11(12-6-7-12)18(2)9-8-15(17)13-4-3-5-14(16)10-13/h3-5,10-12,15H,6-9,17H2,1-2H3. The molecule has 0 saturated heterocycles. The summed E-state index contributed by atoms with van der Waals surface area (Å²) >= 11 is 3.50. The van der Waals surface area contributed by atoms with E-state index in [0.29, 0.717) is 6.04 Å². The minimum atomic E-state index is 0.136. The van der Waals surface area contributed by atoms with E-state index in [4.69, 9.17) is 5.73 Å². The van der Waals surface area contributed by atoms with Gasteiger partial charge in [-0.15, -0.1) is 0 Å². The highest BCUT2D eigenvalue weighted by atomic mass is 79.9. The summed E-state index contributed by atoms with van der Waals surface area (Å²) in [4.78, 5) is 2.45. The van der Waals surface area contributed by atoms with Crippen molar-refractivity contribution in [2.75, 3.05) is 13.6 Å². The van der Waals surface area contributed by atoms with Crippen LogP contribution >= 0.6 is 15.9 Å². The van der Waals surface area contributed by atoms with E-state index in [9.17, 15) is 0 Å². The second-order valence-electron chi connectivity index (χ2n) is 5.51. The number of nitrogens with zero attached hydrogens (tertiary/aromatic N) is 1. The maximum atomic E-state index is 6.26. The minimum Gasteiger partial charge on any atom is -0.324 e. The van der Waals surface area contributed by atoms with Gasteiger partial charge in [-0.05, 0) is 63.4 Å². The number of halogens is 1. The average Bonchev–Trinajstić information content (AvgIpc) is 3.18. The number of hydrogen-bond donors (Lipinski definition) is 1. The molecule has 18 heavy (non-hydrogen) atoms. The first-order valence-corrected chi connectivity index (χ1v) is 7.58. The predicted octanol–water partition coefficient (Wildman–Crippen LogP) is 3.57. The first-order valence-electron chi connectivity index (χ1n) is 6.79. The summed E-state index contributed by atoms with van der Waals surface area (Å²) < 4.78 is 1.11. The Hall–Kier alpha value is -0.380. The molecule has 2 nitrogen and oxygen atoms in total. The SMILES string of the molecule is CC(C1CC1)N(C)CCC(N)c1cccc(Br)c1. The number of hydrogen-bond acceptors (Lipinski definition) is 2. The van der Waals surface area contributed by atoms with E-state index < -0.39 is 0 Å². The molecule has 1 aliphatic carbocycles. The van der Waals surface area contributed by atoms with E-state index >= 15 is 0 Å². The van der Waals surface area contributed by atoms with Gasteiger partial charge in [0.15, 0.2) is 0 Å². The monoisotopic (exact) mass is 310 g/mol. The summed E-state index contributed by atoms with van der Waals surface area (Å²) in [6, 6.07) is 9.17. The Bertz CT molecular complexity index is 390. The summed E-state index contributed by atoms with van der Waals surface area (Å²) in [6.45, 7) is 3.41. The molecule has 2 rings (SSSR count). The van der Waals surface area contributed by atoms with Gasteiger partial charge in [-0.3, -0.25) is 0 Å². The fourth-order valence-corrected chi connectivity index (χ4v) is 2.81. The molecule has 0 heterocycles. The molecule has 2 atom stereocenters. The molecule has 1 saturated carbocycles. The Morgan fingerprint density at radius 1 is 1.44 bits per heavy atom. The zero-order valence-corrected chi connectivity index (χ0v) is 12.9. The van der Waals surface area contributed by atoms with Gasteiger partial charge in [-0.2, -0.15) is 0 Å². The van der Waals surface area contributed by atoms with Gasteiger partial charge in [0.05, 0.1) is 0 Å². The highest BCUT2D eigenvalue weighted by Gasteiger charge is 2.30. The predicted molar refractivity (Wildman–Crippen MR) is 80.5 cm³/mol. The lowest BCUT2D eigenvalue weighted by atomic mass is 10.0. The van der Waals surface area contributed by atoms with Crippen molar-refractivity contribution in [2.24, 2.45) is 11.7 Å². The van der Waals surface area contributed by atoms with Crippen molar-refractivity contribution in [3.05, 3.63) is 34.3 Å². The smallest absolute Gasteiger partial charge is 0.0307 e. The minimum absolute atomic E-state index is 0.136. The molecule has 1 aliphatic rings. The van der Waals surface area contributed by atoms with Crippen LogP contribution in [0.2, 0.25) is 0 Å². The third-order valence-corrected chi connectivity index (χ3v) is 4.56. The van der Waals surface area contributed by atoms with Crippen molar-refractivity contribution in [3.63, 3.8) is 0 Å². The van der Waals surface area contributed by atoms with Crippen molar-refractivity contribution >= 4 is 15.9 Å². The lowest BCUT2D eigenvalue weighted by Crippen LogP contribution is -2.33. The number of nitrogens with two attached hydrogens (primary N) is 1. The molecule has 100 valence electrons. The van der Waals surface area contributed by atoms with Gasteiger partial charge < -0.3 is 10.6 Å². The van der Waals surface area contributed by atoms with Gasteiger partial charge in [0.25, 0.3) is 0 Å². The van der Waals surface area contributed by atoms with Crippen molar-refractivity contribution in [1.29, 1.82) is 0 Å². The molecule has 3 heteroatoms. The van der Waals surface area contributed by atoms with E-state index in [2.05, 4.69) is 53.0 Å². The molecule has 0 amide bonds. The van der Waals surface area contributed by atoms with Crippen LogP contribution in [-0.4, -0.2) is 24.5 Å². The van der Waals surface area contributed by atoms with E-state index in [-0.39, 0.29) is 6.04 Å². The van der Waals surface area contributed by atoms with Crippen LogP contribution in [0.5, 0.6) is 0 Å². The van der Waals surface area contributed by atoms with Crippen molar-refractivity contribution < 1.29 is 0 Å². The quantitative estimate of drug-likeness (QED) is 0.870. The Morgan fingerprint density at radius 3 is 2.78 bits per heavy atom. The third-order valence-electron chi connectivity index (χ3n) is 4.07. The van der Waals surface area contributed by atoms with Crippen molar-refractivity contribution in [3.8, 4) is 0 Å². The Balaban J connectivity index is 1.82. The lowest BCUT2D eigenvalue weighted by Gasteiger charge is -2.26. The van der Waals surface area contributed by atoms with Crippen LogP contribution in [-0.2, 0) is 0 Å². The number of rotatable bonds is 6. The third kappa shape index (κ3) is 3.81. The number of benzene rings is 1. The summed E-state index contributed by atoms with van der Waals surface area (Å²) in [5.74, 6) is 0.928. The van der Waals surface area contributed by atoms with E-state index in [1.807, 2.05) is 6.07 Å². The largest absolute Gasteiger partial charge is 0.324 e. The maximum Gasteiger partial charge on any atom is 0.0307 e. The van der Waals surface area contributed by atoms with Crippen LogP contribution in [0.3, 0.4) is 0 Å². The molecule has 2 unspecified atom stereocenters. The van der Waals surface area contributed by atoms with Crippen molar-refractivity contribution in [2.45, 2.75) is 38.3 Å². The molecule has 1 fully saturated rings. The summed E-state index contributed by atoms with van der Waals surface area (Å²) in [5, 5.41) is 0. The van der Waals surface area contributed by atoms with Gasteiger partial charge in [0.1, 0.15) is 0 Å². The van der Waals surface area contributed by atoms with Gasteiger partial charge in [-0.25, -0.2) is 0 Å². The van der Waals surface area contributed by atoms with E-state index in [0.717, 1.165) is 23.4 Å². The first-order chi connectivity index (χ1) is 8.58. The zero-order valence-electron chi connectivity index (χ0n) is 11.3. The highest BCUT2D eigenvalue weighted by Crippen LogP contribution is 2.34. The van der Waals surface area contributed by atoms with Crippen molar-refractivity contribution in [1.82, 2.24) is 4.90 Å². The molecule has 0 radical (unpaired) electrons. The zero-order chi connectivity index (χ0) is 13.1. The van der Waals surface area contributed by atoms with Gasteiger partial charge >= 0.3 is 0 Å². The fourth-order valence-electron chi connectivity index (χ4n) is 2.39. The Labute approximate surface area is 119 Å². The molecule has 0 aliphatic heterocycles. The topological polar surface area (TPSA) is 29.3 Å². The molecule has 0 bridgehead atoms. The first kappa shape index (κ1) is 14.0. The Morgan fingerprint density at radius 2 is 2.17 bits per heavy atom. The molecule has 0 spiro atoms. The van der Waals surface area contributed by atoms with Crippen LogP contribution in [0.25, 0.3) is 0 Å². The second kappa shape index (κ2) is 6.18. The van der Waals surface area contributed by atoms with Crippen LogP contribution in [0.4, 0.5) is 0 Å². The summed E-state index contributed by atoms with van der Waals surface area (Å²) in [5.41, 5.74) is 7.48. The van der Waals surface area contributed by atoms with Crippen LogP contribution in [0.15, 0.2) is 28.7 Å². The van der Waals surface area contributed by atoms with Gasteiger partial charge in [0, 0.05) is 16.6 Å². The van der Waals surface area contributed by atoms with Crippen LogP contribution < -0.4 is 5.73 Å². The maximum absolute atomic E-state index is 6.26. The van der Waals surface area contributed by atoms with Crippen LogP contribution in [0.1, 0.15) is 37.8 Å². The molecule has 1 aromatic rings. The molecular weight excluding hydrogens is 288 g/mol. The van der Waals surface area contributed by atoms with Crippen LogP contribution in [0, 0.1) is 5.92 Å². The second-order valence-corrected chi connectivity index (χ2v) is 6.42. The molecule has 2 N–H and O–H groups in total. The lowest BCUT2D eigenvalue weighted by molar-refractivity contribution is 0.226. The van der Waals surface area contributed by atoms with Gasteiger partial charge in [0.2, 0.25) is 0 Å². The fraction of sp³-hybridized carbons (Fsp3) is 0.600. The molecular formula is C15H23BrN2. The molecule has 0 aromatic heterocycles. The Kier molecular flexibility index (Phi) is 4.82.